The molecular formula is C21H23NO3. The summed E-state index contributed by atoms with van der Waals surface area (Å²) in [7, 11) is 1.40. The maximum atomic E-state index is 13.2. The predicted molar refractivity (Wildman–Crippen MR) is 98.1 cm³/mol. The number of Topliss-reactive ketones (excluding diaryl/α,β-unsaturated/α-hetero) is 1. The third-order valence-electron chi connectivity index (χ3n) is 5.01. The summed E-state index contributed by atoms with van der Waals surface area (Å²) in [4.78, 5) is 25.1. The van der Waals surface area contributed by atoms with Crippen LogP contribution in [0.1, 0.15) is 36.0 Å². The molecule has 1 aliphatic rings. The highest BCUT2D eigenvalue weighted by molar-refractivity contribution is 6.08. The van der Waals surface area contributed by atoms with Crippen molar-refractivity contribution in [3.8, 4) is 11.1 Å². The lowest BCUT2D eigenvalue weighted by atomic mass is 9.76. The van der Waals surface area contributed by atoms with Crippen LogP contribution < -0.4 is 5.73 Å². The normalized spacial score (nSPS) is 20.0. The number of esters is 1. The molecule has 2 aromatic rings. The summed E-state index contributed by atoms with van der Waals surface area (Å²) < 4.78 is 4.87. The van der Waals surface area contributed by atoms with Crippen molar-refractivity contribution in [3.05, 3.63) is 54.1 Å². The maximum Gasteiger partial charge on any atom is 0.308 e. The van der Waals surface area contributed by atoms with Crippen molar-refractivity contribution in [2.24, 2.45) is 11.8 Å². The first kappa shape index (κ1) is 17.2. The number of nitrogens with two attached hydrogens (primary N) is 1. The van der Waals surface area contributed by atoms with Crippen molar-refractivity contribution >= 4 is 17.4 Å². The Morgan fingerprint density at radius 3 is 2.44 bits per heavy atom. The molecule has 0 radical (unpaired) electrons. The Bertz CT molecular complexity index is 770. The van der Waals surface area contributed by atoms with E-state index < -0.39 is 0 Å². The van der Waals surface area contributed by atoms with Crippen LogP contribution in [0.4, 0.5) is 5.69 Å². The van der Waals surface area contributed by atoms with Gasteiger partial charge in [-0.15, -0.1) is 0 Å². The summed E-state index contributed by atoms with van der Waals surface area (Å²) in [6.07, 6.45) is 2.96. The average Bonchev–Trinajstić information content (AvgIpc) is 2.67. The fourth-order valence-corrected chi connectivity index (χ4v) is 3.72. The Hall–Kier alpha value is -2.62. The van der Waals surface area contributed by atoms with Gasteiger partial charge in [-0.05, 0) is 36.5 Å². The number of methoxy groups -OCH3 is 1. The molecule has 2 atom stereocenters. The van der Waals surface area contributed by atoms with E-state index in [2.05, 4.69) is 0 Å². The molecule has 0 amide bonds. The van der Waals surface area contributed by atoms with Gasteiger partial charge < -0.3 is 10.5 Å². The molecular weight excluding hydrogens is 314 g/mol. The molecule has 2 unspecified atom stereocenters. The van der Waals surface area contributed by atoms with E-state index >= 15 is 0 Å². The summed E-state index contributed by atoms with van der Waals surface area (Å²) >= 11 is 0. The van der Waals surface area contributed by atoms with E-state index in [1.165, 1.54) is 7.11 Å². The van der Waals surface area contributed by atoms with Gasteiger partial charge in [-0.1, -0.05) is 48.9 Å². The Labute approximate surface area is 148 Å². The topological polar surface area (TPSA) is 69.4 Å². The summed E-state index contributed by atoms with van der Waals surface area (Å²) in [5.74, 6) is -0.574. The van der Waals surface area contributed by atoms with Crippen LogP contribution in [-0.2, 0) is 9.53 Å². The molecule has 2 aromatic carbocycles. The summed E-state index contributed by atoms with van der Waals surface area (Å²) in [6.45, 7) is 0. The third-order valence-corrected chi connectivity index (χ3v) is 5.01. The lowest BCUT2D eigenvalue weighted by molar-refractivity contribution is -0.146. The number of benzene rings is 2. The van der Waals surface area contributed by atoms with E-state index in [4.69, 9.17) is 10.5 Å². The van der Waals surface area contributed by atoms with Gasteiger partial charge in [-0.25, -0.2) is 0 Å². The third kappa shape index (κ3) is 3.58. The van der Waals surface area contributed by atoms with Gasteiger partial charge in [-0.2, -0.15) is 0 Å². The molecule has 0 aromatic heterocycles. The molecule has 0 spiro atoms. The number of ketones is 1. The first-order valence-corrected chi connectivity index (χ1v) is 8.67. The maximum absolute atomic E-state index is 13.2. The molecule has 2 N–H and O–H groups in total. The molecule has 130 valence electrons. The minimum atomic E-state index is -0.221. The van der Waals surface area contributed by atoms with Crippen LogP contribution >= 0.6 is 0 Å². The predicted octanol–water partition coefficient (Wildman–Crippen LogP) is 4.10. The van der Waals surface area contributed by atoms with Gasteiger partial charge in [0.25, 0.3) is 0 Å². The summed E-state index contributed by atoms with van der Waals surface area (Å²) in [5, 5.41) is 0. The van der Waals surface area contributed by atoms with Crippen LogP contribution in [0.2, 0.25) is 0 Å². The molecule has 4 nitrogen and oxygen atoms in total. The van der Waals surface area contributed by atoms with Crippen molar-refractivity contribution in [2.45, 2.75) is 25.7 Å². The average molecular weight is 337 g/mol. The van der Waals surface area contributed by atoms with Crippen LogP contribution in [0.25, 0.3) is 11.1 Å². The van der Waals surface area contributed by atoms with Crippen molar-refractivity contribution in [3.63, 3.8) is 0 Å². The fourth-order valence-electron chi connectivity index (χ4n) is 3.72. The fraction of sp³-hybridized carbons (Fsp3) is 0.333. The quantitative estimate of drug-likeness (QED) is 0.518. The highest BCUT2D eigenvalue weighted by atomic mass is 16.5. The Morgan fingerprint density at radius 1 is 1.00 bits per heavy atom. The zero-order chi connectivity index (χ0) is 17.8. The van der Waals surface area contributed by atoms with Gasteiger partial charge >= 0.3 is 5.97 Å². The van der Waals surface area contributed by atoms with Crippen molar-refractivity contribution in [2.75, 3.05) is 12.8 Å². The smallest absolute Gasteiger partial charge is 0.308 e. The van der Waals surface area contributed by atoms with Gasteiger partial charge in [0.15, 0.2) is 5.78 Å². The van der Waals surface area contributed by atoms with E-state index in [0.717, 1.165) is 30.4 Å². The van der Waals surface area contributed by atoms with E-state index in [1.807, 2.05) is 42.5 Å². The molecule has 0 aliphatic heterocycles. The Morgan fingerprint density at radius 2 is 1.72 bits per heavy atom. The van der Waals surface area contributed by atoms with E-state index in [0.29, 0.717) is 17.7 Å². The van der Waals surface area contributed by atoms with Crippen LogP contribution in [0.5, 0.6) is 0 Å². The lowest BCUT2D eigenvalue weighted by Crippen LogP contribution is -2.29. The highest BCUT2D eigenvalue weighted by Gasteiger charge is 2.33. The number of ether oxygens (including phenoxy) is 1. The van der Waals surface area contributed by atoms with Crippen molar-refractivity contribution in [1.82, 2.24) is 0 Å². The molecule has 1 saturated carbocycles. The number of rotatable bonds is 4. The van der Waals surface area contributed by atoms with E-state index in [9.17, 15) is 9.59 Å². The zero-order valence-electron chi connectivity index (χ0n) is 14.4. The SMILES string of the molecule is COC(=O)C1CCCC(C(=O)c2c(N)cccc2-c2ccccc2)C1. The lowest BCUT2D eigenvalue weighted by Gasteiger charge is -2.27. The second-order valence-corrected chi connectivity index (χ2v) is 6.58. The van der Waals surface area contributed by atoms with E-state index in [1.54, 1.807) is 6.07 Å². The number of carbonyl (C=O) groups is 2. The van der Waals surface area contributed by atoms with Gasteiger partial charge in [0.2, 0.25) is 0 Å². The molecule has 0 bridgehead atoms. The van der Waals surface area contributed by atoms with Gasteiger partial charge in [0.1, 0.15) is 0 Å². The monoisotopic (exact) mass is 337 g/mol. The minimum absolute atomic E-state index is 0.0329. The number of anilines is 1. The molecule has 25 heavy (non-hydrogen) atoms. The molecule has 1 aliphatic carbocycles. The zero-order valence-corrected chi connectivity index (χ0v) is 14.4. The molecule has 3 rings (SSSR count). The summed E-state index contributed by atoms with van der Waals surface area (Å²) in [6, 6.07) is 15.3. The van der Waals surface area contributed by atoms with Crippen LogP contribution in [0.3, 0.4) is 0 Å². The standard InChI is InChI=1S/C21H23NO3/c1-25-21(24)16-10-5-9-15(13-16)20(23)19-17(11-6-12-18(19)22)14-7-3-2-4-8-14/h2-4,6-8,11-12,15-16H,5,9-10,13,22H2,1H3. The number of hydrogen-bond donors (Lipinski definition) is 1. The Balaban J connectivity index is 1.93. The van der Waals surface area contributed by atoms with Gasteiger partial charge in [0.05, 0.1) is 13.0 Å². The minimum Gasteiger partial charge on any atom is -0.469 e. The summed E-state index contributed by atoms with van der Waals surface area (Å²) in [5.41, 5.74) is 9.06. The van der Waals surface area contributed by atoms with Crippen molar-refractivity contribution < 1.29 is 14.3 Å². The first-order valence-electron chi connectivity index (χ1n) is 8.67. The number of hydrogen-bond acceptors (Lipinski definition) is 4. The molecule has 0 saturated heterocycles. The second kappa shape index (κ2) is 7.51. The van der Waals surface area contributed by atoms with Gasteiger partial charge in [0, 0.05) is 17.2 Å². The van der Waals surface area contributed by atoms with Crippen LogP contribution in [-0.4, -0.2) is 18.9 Å². The Kier molecular flexibility index (Phi) is 5.17. The molecule has 1 fully saturated rings. The van der Waals surface area contributed by atoms with Crippen LogP contribution in [0.15, 0.2) is 48.5 Å². The van der Waals surface area contributed by atoms with Crippen LogP contribution in [0, 0.1) is 11.8 Å². The number of nitrogen functional groups attached to an aromatic ring is 1. The highest BCUT2D eigenvalue weighted by Crippen LogP contribution is 2.36. The number of carbonyl (C=O) groups excluding carboxylic acids is 2. The molecule has 4 heteroatoms. The first-order chi connectivity index (χ1) is 12.1. The van der Waals surface area contributed by atoms with E-state index in [-0.39, 0.29) is 23.6 Å². The van der Waals surface area contributed by atoms with Gasteiger partial charge in [-0.3, -0.25) is 9.59 Å². The largest absolute Gasteiger partial charge is 0.469 e. The van der Waals surface area contributed by atoms with Crippen molar-refractivity contribution in [1.29, 1.82) is 0 Å². The second-order valence-electron chi connectivity index (χ2n) is 6.58. The molecule has 0 heterocycles.